The zero-order chi connectivity index (χ0) is 20.5. The molecule has 28 heavy (non-hydrogen) atoms. The van der Waals surface area contributed by atoms with Gasteiger partial charge in [0.05, 0.1) is 0 Å². The molecule has 0 amide bonds. The smallest absolute Gasteiger partial charge is 0.304 e. The van der Waals surface area contributed by atoms with Gasteiger partial charge in [-0.25, -0.2) is 0 Å². The van der Waals surface area contributed by atoms with E-state index in [1.165, 1.54) is 13.8 Å². The molecule has 2 rings (SSSR count). The van der Waals surface area contributed by atoms with Crippen molar-refractivity contribution in [2.75, 3.05) is 0 Å². The first kappa shape index (κ1) is 21.8. The predicted octanol–water partition coefficient (Wildman–Crippen LogP) is 5.13. The van der Waals surface area contributed by atoms with Crippen LogP contribution < -0.4 is 0 Å². The monoisotopic (exact) mass is 502 g/mol. The highest BCUT2D eigenvalue weighted by atomic mass is 79.9. The van der Waals surface area contributed by atoms with Gasteiger partial charge in [-0.05, 0) is 47.9 Å². The van der Waals surface area contributed by atoms with E-state index in [-0.39, 0.29) is 0 Å². The third kappa shape index (κ3) is 7.23. The van der Waals surface area contributed by atoms with Gasteiger partial charge < -0.3 is 9.47 Å². The van der Waals surface area contributed by atoms with Crippen LogP contribution in [0.3, 0.4) is 0 Å². The van der Waals surface area contributed by atoms with Crippen LogP contribution in [0.2, 0.25) is 0 Å². The van der Waals surface area contributed by atoms with Crippen molar-refractivity contribution in [1.29, 1.82) is 0 Å². The van der Waals surface area contributed by atoms with Crippen molar-refractivity contribution < 1.29 is 19.1 Å². The molecule has 0 bridgehead atoms. The highest BCUT2D eigenvalue weighted by Gasteiger charge is 2.12. The Bertz CT molecular complexity index is 877. The Morgan fingerprint density at radius 1 is 0.714 bits per heavy atom. The second kappa shape index (κ2) is 10.7. The Labute approximate surface area is 180 Å². The molecular weight excluding hydrogens is 488 g/mol. The van der Waals surface area contributed by atoms with Crippen molar-refractivity contribution in [2.45, 2.75) is 26.1 Å². The molecule has 0 N–H and O–H groups in total. The van der Waals surface area contributed by atoms with E-state index in [9.17, 15) is 9.59 Å². The van der Waals surface area contributed by atoms with Crippen LogP contribution in [-0.4, -0.2) is 11.9 Å². The fraction of sp³-hybridized carbons (Fsp3) is 0.182. The third-order valence-corrected chi connectivity index (χ3v) is 4.44. The summed E-state index contributed by atoms with van der Waals surface area (Å²) in [5.74, 6) is 10.1. The number of benzene rings is 2. The summed E-state index contributed by atoms with van der Waals surface area (Å²) in [6.45, 7) is 2.65. The number of carbonyl (C=O) groups is 2. The van der Waals surface area contributed by atoms with Crippen LogP contribution in [0.1, 0.15) is 37.2 Å². The van der Waals surface area contributed by atoms with E-state index in [0.29, 0.717) is 0 Å². The zero-order valence-electron chi connectivity index (χ0n) is 15.2. The van der Waals surface area contributed by atoms with Crippen LogP contribution in [-0.2, 0) is 19.1 Å². The van der Waals surface area contributed by atoms with Crippen molar-refractivity contribution in [3.63, 3.8) is 0 Å². The van der Waals surface area contributed by atoms with Gasteiger partial charge in [0.1, 0.15) is 0 Å². The van der Waals surface area contributed by atoms with Crippen LogP contribution in [0.15, 0.2) is 57.5 Å². The van der Waals surface area contributed by atoms with Crippen molar-refractivity contribution in [2.24, 2.45) is 0 Å². The van der Waals surface area contributed by atoms with Crippen molar-refractivity contribution in [3.05, 3.63) is 68.6 Å². The van der Waals surface area contributed by atoms with Crippen molar-refractivity contribution in [3.8, 4) is 23.7 Å². The molecule has 0 aliphatic heterocycles. The van der Waals surface area contributed by atoms with E-state index in [1.54, 1.807) is 0 Å². The molecule has 6 heteroatoms. The van der Waals surface area contributed by atoms with Crippen LogP contribution in [0, 0.1) is 23.7 Å². The van der Waals surface area contributed by atoms with E-state index in [0.717, 1.165) is 20.1 Å². The summed E-state index contributed by atoms with van der Waals surface area (Å²) >= 11 is 6.72. The Balaban J connectivity index is 2.24. The topological polar surface area (TPSA) is 52.6 Å². The number of carbonyl (C=O) groups excluding carboxylic acids is 2. The molecule has 2 unspecified atom stereocenters. The minimum absolute atomic E-state index is 0.442. The molecule has 0 radical (unpaired) electrons. The van der Waals surface area contributed by atoms with Gasteiger partial charge in [0.15, 0.2) is 12.2 Å². The average molecular weight is 504 g/mol. The number of hydrogen-bond donors (Lipinski definition) is 0. The first-order chi connectivity index (χ1) is 13.3. The molecule has 0 aliphatic carbocycles. The number of hydrogen-bond acceptors (Lipinski definition) is 4. The molecule has 142 valence electrons. The van der Waals surface area contributed by atoms with Gasteiger partial charge in [0.2, 0.25) is 0 Å². The second-order valence-electron chi connectivity index (χ2n) is 5.62. The molecule has 0 heterocycles. The molecule has 0 aromatic heterocycles. The summed E-state index contributed by atoms with van der Waals surface area (Å²) in [5, 5.41) is 0. The van der Waals surface area contributed by atoms with Crippen LogP contribution in [0.25, 0.3) is 0 Å². The number of esters is 2. The van der Waals surface area contributed by atoms with Gasteiger partial charge in [-0.15, -0.1) is 0 Å². The first-order valence-corrected chi connectivity index (χ1v) is 9.80. The highest BCUT2D eigenvalue weighted by Crippen LogP contribution is 2.21. The van der Waals surface area contributed by atoms with Gasteiger partial charge in [-0.2, -0.15) is 0 Å². The summed E-state index contributed by atoms with van der Waals surface area (Å²) in [5.41, 5.74) is 1.47. The summed E-state index contributed by atoms with van der Waals surface area (Å²) in [4.78, 5) is 22.7. The fourth-order valence-electron chi connectivity index (χ4n) is 2.17. The Hall–Kier alpha value is -2.54. The molecule has 2 atom stereocenters. The molecule has 0 spiro atoms. The van der Waals surface area contributed by atoms with E-state index >= 15 is 0 Å². The largest absolute Gasteiger partial charge is 0.444 e. The summed E-state index contributed by atoms with van der Waals surface area (Å²) < 4.78 is 12.3. The van der Waals surface area contributed by atoms with E-state index in [4.69, 9.17) is 9.47 Å². The van der Waals surface area contributed by atoms with Crippen LogP contribution >= 0.6 is 31.9 Å². The average Bonchev–Trinajstić information content (AvgIpc) is 2.64. The first-order valence-electron chi connectivity index (χ1n) is 8.21. The van der Waals surface area contributed by atoms with Crippen LogP contribution in [0.5, 0.6) is 0 Å². The molecule has 0 fully saturated rings. The normalized spacial score (nSPS) is 11.7. The minimum atomic E-state index is -0.736. The molecule has 0 aliphatic rings. The maximum Gasteiger partial charge on any atom is 0.304 e. The molecular formula is C22H16Br2O4. The fourth-order valence-corrected chi connectivity index (χ4v) is 2.70. The molecule has 4 nitrogen and oxygen atoms in total. The standard InChI is InChI=1S/C22H16Br2O4/c1-15(25)27-21(17-7-11-19(23)12-8-17)5-3-4-6-22(28-16(2)26)18-9-13-20(24)14-10-18/h7-14,21-22H,1-2H3. The Morgan fingerprint density at radius 2 is 1.04 bits per heavy atom. The highest BCUT2D eigenvalue weighted by molar-refractivity contribution is 9.10. The van der Waals surface area contributed by atoms with Gasteiger partial charge >= 0.3 is 11.9 Å². The van der Waals surface area contributed by atoms with E-state index < -0.39 is 24.1 Å². The zero-order valence-corrected chi connectivity index (χ0v) is 18.3. The Morgan fingerprint density at radius 3 is 1.32 bits per heavy atom. The van der Waals surface area contributed by atoms with Gasteiger partial charge in [0.25, 0.3) is 0 Å². The van der Waals surface area contributed by atoms with Gasteiger partial charge in [0, 0.05) is 33.9 Å². The SMILES string of the molecule is CC(=O)OC(C#CC#CC(OC(C)=O)c1ccc(Br)cc1)c1ccc(Br)cc1. The minimum Gasteiger partial charge on any atom is -0.444 e. The predicted molar refractivity (Wildman–Crippen MR) is 113 cm³/mol. The molecule has 2 aromatic rings. The maximum atomic E-state index is 11.4. The molecule has 0 saturated heterocycles. The van der Waals surface area contributed by atoms with E-state index in [1.807, 2.05) is 48.5 Å². The van der Waals surface area contributed by atoms with Crippen molar-refractivity contribution >= 4 is 43.8 Å². The number of halogens is 2. The Kier molecular flexibility index (Phi) is 8.32. The van der Waals surface area contributed by atoms with Gasteiger partial charge in [-0.3, -0.25) is 9.59 Å². The number of rotatable bonds is 4. The van der Waals surface area contributed by atoms with Gasteiger partial charge in [-0.1, -0.05) is 56.1 Å². The van der Waals surface area contributed by atoms with E-state index in [2.05, 4.69) is 55.5 Å². The molecule has 0 saturated carbocycles. The number of ether oxygens (including phenoxy) is 2. The summed E-state index contributed by atoms with van der Waals surface area (Å²) in [6, 6.07) is 14.6. The summed E-state index contributed by atoms with van der Waals surface area (Å²) in [7, 11) is 0. The van der Waals surface area contributed by atoms with Crippen LogP contribution in [0.4, 0.5) is 0 Å². The lowest BCUT2D eigenvalue weighted by Gasteiger charge is -2.11. The van der Waals surface area contributed by atoms with Crippen molar-refractivity contribution in [1.82, 2.24) is 0 Å². The lowest BCUT2D eigenvalue weighted by atomic mass is 10.1. The second-order valence-corrected chi connectivity index (χ2v) is 7.45. The lowest BCUT2D eigenvalue weighted by molar-refractivity contribution is -0.145. The maximum absolute atomic E-state index is 11.4. The molecule has 2 aromatic carbocycles. The quantitative estimate of drug-likeness (QED) is 0.429. The third-order valence-electron chi connectivity index (χ3n) is 3.38. The summed E-state index contributed by atoms with van der Waals surface area (Å²) in [6.07, 6.45) is -1.47. The lowest BCUT2D eigenvalue weighted by Crippen LogP contribution is -2.07.